The van der Waals surface area contributed by atoms with Crippen LogP contribution in [0.1, 0.15) is 69.4 Å². The van der Waals surface area contributed by atoms with E-state index in [0.29, 0.717) is 38.0 Å². The molecule has 3 saturated heterocycles. The summed E-state index contributed by atoms with van der Waals surface area (Å²) >= 11 is 0. The van der Waals surface area contributed by atoms with E-state index in [-0.39, 0.29) is 23.9 Å². The summed E-state index contributed by atoms with van der Waals surface area (Å²) in [6.45, 7) is 1.69. The minimum atomic E-state index is -0.886. The molecule has 1 aromatic heterocycles. The largest absolute Gasteiger partial charge is 0.465 e. The van der Waals surface area contributed by atoms with Gasteiger partial charge >= 0.3 is 11.8 Å². The number of piperidine rings is 1. The molecule has 2 atom stereocenters. The number of hydrogen-bond donors (Lipinski definition) is 2. The average molecular weight is 526 g/mol. The van der Waals surface area contributed by atoms with Gasteiger partial charge in [-0.1, -0.05) is 12.5 Å². The van der Waals surface area contributed by atoms with E-state index < -0.39 is 23.6 Å². The SMILES string of the molecule is Cn1c(=O)n(C2CCC(=O)NC2=O)c2ccc(CCCCCC(=O)N3CCC4(CCCN4C(=O)O)C3)cc21. The number of benzene rings is 1. The van der Waals surface area contributed by atoms with Gasteiger partial charge in [0.15, 0.2) is 0 Å². The predicted octanol–water partition coefficient (Wildman–Crippen LogP) is 2.17. The van der Waals surface area contributed by atoms with E-state index in [0.717, 1.165) is 56.0 Å². The summed E-state index contributed by atoms with van der Waals surface area (Å²) in [6.07, 6.45) is 5.87. The number of hydrogen-bond acceptors (Lipinski definition) is 5. The van der Waals surface area contributed by atoms with Crippen molar-refractivity contribution in [2.24, 2.45) is 7.05 Å². The van der Waals surface area contributed by atoms with Gasteiger partial charge < -0.3 is 14.9 Å². The van der Waals surface area contributed by atoms with E-state index in [2.05, 4.69) is 5.32 Å². The number of rotatable bonds is 7. The van der Waals surface area contributed by atoms with Gasteiger partial charge in [-0.3, -0.25) is 28.8 Å². The van der Waals surface area contributed by atoms with Crippen LogP contribution in [-0.2, 0) is 27.9 Å². The minimum Gasteiger partial charge on any atom is -0.465 e. The highest BCUT2D eigenvalue weighted by atomic mass is 16.4. The van der Waals surface area contributed by atoms with Gasteiger partial charge in [0.25, 0.3) is 0 Å². The third-order valence-corrected chi connectivity index (χ3v) is 8.54. The van der Waals surface area contributed by atoms with E-state index in [9.17, 15) is 29.1 Å². The number of carbonyl (C=O) groups is 4. The summed E-state index contributed by atoms with van der Waals surface area (Å²) in [5.41, 5.74) is 1.83. The molecule has 1 spiro atoms. The smallest absolute Gasteiger partial charge is 0.407 e. The number of aromatic nitrogens is 2. The molecule has 4 heterocycles. The van der Waals surface area contributed by atoms with Crippen LogP contribution in [0.5, 0.6) is 0 Å². The lowest BCUT2D eigenvalue weighted by Gasteiger charge is -2.32. The number of unbranched alkanes of at least 4 members (excludes halogenated alkanes) is 2. The molecule has 2 unspecified atom stereocenters. The molecule has 0 bridgehead atoms. The predicted molar refractivity (Wildman–Crippen MR) is 139 cm³/mol. The number of nitrogens with zero attached hydrogens (tertiary/aromatic N) is 4. The van der Waals surface area contributed by atoms with Crippen molar-refractivity contribution in [2.45, 2.75) is 75.8 Å². The van der Waals surface area contributed by atoms with Gasteiger partial charge in [-0.2, -0.15) is 0 Å². The quantitative estimate of drug-likeness (QED) is 0.420. The van der Waals surface area contributed by atoms with Crippen LogP contribution in [0, 0.1) is 0 Å². The lowest BCUT2D eigenvalue weighted by Crippen LogP contribution is -2.49. The molecule has 3 aliphatic heterocycles. The Balaban J connectivity index is 1.13. The summed E-state index contributed by atoms with van der Waals surface area (Å²) in [4.78, 5) is 64.5. The second kappa shape index (κ2) is 10.3. The summed E-state index contributed by atoms with van der Waals surface area (Å²) in [7, 11) is 1.69. The van der Waals surface area contributed by atoms with Crippen LogP contribution in [-0.4, -0.2) is 73.0 Å². The van der Waals surface area contributed by atoms with Crippen molar-refractivity contribution in [3.05, 3.63) is 34.2 Å². The molecular weight excluding hydrogens is 490 g/mol. The van der Waals surface area contributed by atoms with E-state index in [1.807, 2.05) is 23.1 Å². The molecule has 5 rings (SSSR count). The van der Waals surface area contributed by atoms with Gasteiger partial charge in [-0.15, -0.1) is 0 Å². The van der Waals surface area contributed by atoms with Crippen molar-refractivity contribution in [2.75, 3.05) is 19.6 Å². The summed E-state index contributed by atoms with van der Waals surface area (Å²) in [5.74, 6) is -0.655. The van der Waals surface area contributed by atoms with Crippen LogP contribution < -0.4 is 11.0 Å². The number of likely N-dealkylation sites (tertiary alicyclic amines) is 2. The van der Waals surface area contributed by atoms with Gasteiger partial charge in [0.1, 0.15) is 6.04 Å². The molecule has 204 valence electrons. The Kier molecular flexibility index (Phi) is 7.02. The van der Waals surface area contributed by atoms with Crippen molar-refractivity contribution < 1.29 is 24.3 Å². The first kappa shape index (κ1) is 26.0. The van der Waals surface area contributed by atoms with Crippen LogP contribution in [0.3, 0.4) is 0 Å². The summed E-state index contributed by atoms with van der Waals surface area (Å²) in [6, 6.07) is 5.11. The fourth-order valence-corrected chi connectivity index (χ4v) is 6.47. The molecule has 0 saturated carbocycles. The molecule has 4 amide bonds. The molecule has 0 aliphatic carbocycles. The van der Waals surface area contributed by atoms with Gasteiger partial charge in [0.05, 0.1) is 16.6 Å². The monoisotopic (exact) mass is 525 g/mol. The lowest BCUT2D eigenvalue weighted by atomic mass is 9.95. The van der Waals surface area contributed by atoms with Crippen molar-refractivity contribution in [3.63, 3.8) is 0 Å². The van der Waals surface area contributed by atoms with Crippen LogP contribution in [0.4, 0.5) is 4.79 Å². The van der Waals surface area contributed by atoms with E-state index >= 15 is 0 Å². The number of aryl methyl sites for hydroxylation is 2. The Hall–Kier alpha value is -3.63. The Morgan fingerprint density at radius 1 is 1.08 bits per heavy atom. The Bertz CT molecular complexity index is 1350. The van der Waals surface area contributed by atoms with Gasteiger partial charge in [-0.25, -0.2) is 9.59 Å². The topological polar surface area (TPSA) is 134 Å². The fraction of sp³-hybridized carbons (Fsp3) is 0.593. The van der Waals surface area contributed by atoms with Crippen molar-refractivity contribution in [1.82, 2.24) is 24.3 Å². The van der Waals surface area contributed by atoms with E-state index in [4.69, 9.17) is 0 Å². The third-order valence-electron chi connectivity index (χ3n) is 8.54. The Morgan fingerprint density at radius 2 is 1.89 bits per heavy atom. The number of imide groups is 1. The molecule has 1 aromatic carbocycles. The van der Waals surface area contributed by atoms with E-state index in [1.165, 1.54) is 9.47 Å². The molecule has 2 aromatic rings. The molecule has 11 nitrogen and oxygen atoms in total. The average Bonchev–Trinajstić information content (AvgIpc) is 3.57. The summed E-state index contributed by atoms with van der Waals surface area (Å²) in [5, 5.41) is 11.8. The maximum absolute atomic E-state index is 12.9. The lowest BCUT2D eigenvalue weighted by molar-refractivity contribution is -0.135. The molecule has 2 N–H and O–H groups in total. The number of fused-ring (bicyclic) bond motifs is 1. The Labute approximate surface area is 220 Å². The van der Waals surface area contributed by atoms with Gasteiger partial charge in [0.2, 0.25) is 17.7 Å². The molecular formula is C27H35N5O6. The van der Waals surface area contributed by atoms with Crippen molar-refractivity contribution in [3.8, 4) is 0 Å². The molecule has 38 heavy (non-hydrogen) atoms. The number of nitrogens with one attached hydrogen (secondary N) is 1. The molecule has 3 fully saturated rings. The summed E-state index contributed by atoms with van der Waals surface area (Å²) < 4.78 is 3.02. The molecule has 11 heteroatoms. The Morgan fingerprint density at radius 3 is 2.66 bits per heavy atom. The molecule has 3 aliphatic rings. The zero-order valence-electron chi connectivity index (χ0n) is 21.8. The maximum Gasteiger partial charge on any atom is 0.407 e. The van der Waals surface area contributed by atoms with Crippen LogP contribution in [0.15, 0.2) is 23.0 Å². The van der Waals surface area contributed by atoms with Gasteiger partial charge in [0, 0.05) is 39.5 Å². The zero-order chi connectivity index (χ0) is 27.0. The first-order chi connectivity index (χ1) is 18.2. The van der Waals surface area contributed by atoms with Crippen molar-refractivity contribution in [1.29, 1.82) is 0 Å². The fourth-order valence-electron chi connectivity index (χ4n) is 6.47. The normalized spacial score (nSPS) is 23.6. The number of carboxylic acid groups (broad SMARTS) is 1. The van der Waals surface area contributed by atoms with Crippen molar-refractivity contribution >= 4 is 34.8 Å². The number of amides is 4. The first-order valence-electron chi connectivity index (χ1n) is 13.5. The second-order valence-corrected chi connectivity index (χ2v) is 10.9. The van der Waals surface area contributed by atoms with Gasteiger partial charge in [-0.05, 0) is 62.6 Å². The first-order valence-corrected chi connectivity index (χ1v) is 13.5. The van der Waals surface area contributed by atoms with Crippen LogP contribution in [0.2, 0.25) is 0 Å². The highest BCUT2D eigenvalue weighted by Gasteiger charge is 2.49. The highest BCUT2D eigenvalue weighted by molar-refractivity contribution is 6.00. The van der Waals surface area contributed by atoms with E-state index in [1.54, 1.807) is 11.6 Å². The number of carbonyl (C=O) groups excluding carboxylic acids is 3. The zero-order valence-corrected chi connectivity index (χ0v) is 21.8. The maximum atomic E-state index is 12.9. The standard InChI is InChI=1S/C27H35N5O6/c1-29-21-16-18(8-9-19(21)32(25(29)36)20-10-11-22(33)28-24(20)35)6-3-2-4-7-23(34)30-15-13-27(17-30)12-5-14-31(27)26(37)38/h8-9,16,20H,2-7,10-15,17H2,1H3,(H,37,38)(H,28,33,35). The third kappa shape index (κ3) is 4.69. The highest BCUT2D eigenvalue weighted by Crippen LogP contribution is 2.38. The minimum absolute atomic E-state index is 0.102. The van der Waals surface area contributed by atoms with Crippen LogP contribution in [0.25, 0.3) is 11.0 Å². The van der Waals surface area contributed by atoms with Crippen LogP contribution >= 0.6 is 0 Å². The second-order valence-electron chi connectivity index (χ2n) is 10.9. The molecule has 0 radical (unpaired) electrons. The number of imidazole rings is 1.